The molecule has 2 aromatic heterocycles. The van der Waals surface area contributed by atoms with Crippen LogP contribution in [0.25, 0.3) is 5.52 Å². The minimum absolute atomic E-state index is 0.537. The van der Waals surface area contributed by atoms with Gasteiger partial charge in [-0.3, -0.25) is 4.84 Å². The number of ether oxygens (including phenoxy) is 1. The first-order chi connectivity index (χ1) is 7.92. The molecule has 0 spiro atoms. The number of nitrogens with one attached hydrogen (secondary N) is 1. The topological polar surface area (TPSA) is 47.8 Å². The molecule has 0 aliphatic carbocycles. The second-order valence-electron chi connectivity index (χ2n) is 3.36. The third-order valence-electron chi connectivity index (χ3n) is 2.26. The van der Waals surface area contributed by atoms with Crippen LogP contribution >= 0.6 is 0 Å². The summed E-state index contributed by atoms with van der Waals surface area (Å²) >= 11 is 0. The molecule has 0 unspecified atom stereocenters. The smallest absolute Gasteiger partial charge is 0.0916 e. The van der Waals surface area contributed by atoms with E-state index in [9.17, 15) is 0 Å². The Morgan fingerprint density at radius 2 is 2.31 bits per heavy atom. The van der Waals surface area contributed by atoms with Gasteiger partial charge >= 0.3 is 0 Å². The lowest BCUT2D eigenvalue weighted by atomic mass is 10.3. The predicted octanol–water partition coefficient (Wildman–Crippen LogP) is 1.00. The molecule has 0 saturated heterocycles. The predicted molar refractivity (Wildman–Crippen MR) is 59.9 cm³/mol. The molecular formula is C11H15N3O2. The summed E-state index contributed by atoms with van der Waals surface area (Å²) in [5, 5.41) is 4.23. The highest BCUT2D eigenvalue weighted by atomic mass is 16.7. The average molecular weight is 221 g/mol. The fraction of sp³-hybridized carbons (Fsp3) is 0.364. The third kappa shape index (κ3) is 2.57. The van der Waals surface area contributed by atoms with E-state index in [0.717, 1.165) is 11.1 Å². The van der Waals surface area contributed by atoms with E-state index in [1.165, 1.54) is 0 Å². The van der Waals surface area contributed by atoms with Gasteiger partial charge in [-0.15, -0.1) is 0 Å². The standard InChI is InChI=1S/C11H15N3O2/c1-15-6-7-16-13-9-10-8-12-14-5-3-2-4-11(10)14/h2-5,8,13H,6-7,9H2,1H3. The van der Waals surface area contributed by atoms with Crippen molar-refractivity contribution >= 4 is 5.52 Å². The van der Waals surface area contributed by atoms with Gasteiger partial charge in [0.15, 0.2) is 0 Å². The van der Waals surface area contributed by atoms with E-state index in [0.29, 0.717) is 19.8 Å². The van der Waals surface area contributed by atoms with Crippen molar-refractivity contribution in [1.29, 1.82) is 0 Å². The van der Waals surface area contributed by atoms with Gasteiger partial charge in [-0.25, -0.2) is 4.52 Å². The van der Waals surface area contributed by atoms with E-state index >= 15 is 0 Å². The molecule has 5 heteroatoms. The van der Waals surface area contributed by atoms with E-state index in [1.54, 1.807) is 7.11 Å². The van der Waals surface area contributed by atoms with Gasteiger partial charge in [-0.2, -0.15) is 10.6 Å². The molecule has 0 fully saturated rings. The summed E-state index contributed by atoms with van der Waals surface area (Å²) in [5.74, 6) is 0. The Morgan fingerprint density at radius 1 is 1.38 bits per heavy atom. The summed E-state index contributed by atoms with van der Waals surface area (Å²) in [6.07, 6.45) is 3.76. The van der Waals surface area contributed by atoms with Crippen molar-refractivity contribution in [2.24, 2.45) is 0 Å². The van der Waals surface area contributed by atoms with Crippen molar-refractivity contribution in [3.8, 4) is 0 Å². The third-order valence-corrected chi connectivity index (χ3v) is 2.26. The molecule has 2 rings (SSSR count). The fourth-order valence-electron chi connectivity index (χ4n) is 1.45. The maximum absolute atomic E-state index is 5.18. The van der Waals surface area contributed by atoms with Crippen LogP contribution in [0.4, 0.5) is 0 Å². The van der Waals surface area contributed by atoms with Crippen LogP contribution in [0.1, 0.15) is 5.56 Å². The van der Waals surface area contributed by atoms with E-state index < -0.39 is 0 Å². The van der Waals surface area contributed by atoms with Crippen LogP contribution in [0.15, 0.2) is 30.6 Å². The summed E-state index contributed by atoms with van der Waals surface area (Å²) in [4.78, 5) is 5.18. The number of aromatic nitrogens is 2. The van der Waals surface area contributed by atoms with Gasteiger partial charge in [0, 0.05) is 25.4 Å². The summed E-state index contributed by atoms with van der Waals surface area (Å²) in [6, 6.07) is 5.97. The van der Waals surface area contributed by atoms with Crippen LogP contribution in [0, 0.1) is 0 Å². The zero-order chi connectivity index (χ0) is 11.2. The number of fused-ring (bicyclic) bond motifs is 1. The molecule has 0 radical (unpaired) electrons. The zero-order valence-electron chi connectivity index (χ0n) is 9.22. The maximum Gasteiger partial charge on any atom is 0.0916 e. The van der Waals surface area contributed by atoms with Gasteiger partial charge in [0.2, 0.25) is 0 Å². The first kappa shape index (κ1) is 11.1. The molecule has 0 bridgehead atoms. The Bertz CT molecular complexity index is 441. The Labute approximate surface area is 93.9 Å². The molecule has 0 aliphatic heterocycles. The van der Waals surface area contributed by atoms with E-state index in [4.69, 9.17) is 9.57 Å². The number of hydrogen-bond acceptors (Lipinski definition) is 4. The lowest BCUT2D eigenvalue weighted by molar-refractivity contribution is 0.00362. The van der Waals surface area contributed by atoms with Crippen molar-refractivity contribution in [3.63, 3.8) is 0 Å². The monoisotopic (exact) mass is 221 g/mol. The number of methoxy groups -OCH3 is 1. The van der Waals surface area contributed by atoms with Gasteiger partial charge in [0.05, 0.1) is 24.9 Å². The summed E-state index contributed by atoms with van der Waals surface area (Å²) in [7, 11) is 1.65. The van der Waals surface area contributed by atoms with Crippen LogP contribution in [0.3, 0.4) is 0 Å². The van der Waals surface area contributed by atoms with Crippen LogP contribution in [-0.2, 0) is 16.1 Å². The molecule has 86 valence electrons. The average Bonchev–Trinajstić information content (AvgIpc) is 2.73. The first-order valence-corrected chi connectivity index (χ1v) is 5.16. The van der Waals surface area contributed by atoms with Crippen molar-refractivity contribution in [3.05, 3.63) is 36.2 Å². The van der Waals surface area contributed by atoms with Gasteiger partial charge in [0.25, 0.3) is 0 Å². The van der Waals surface area contributed by atoms with Crippen LogP contribution < -0.4 is 5.48 Å². The molecule has 2 aromatic rings. The van der Waals surface area contributed by atoms with Gasteiger partial charge in [0.1, 0.15) is 0 Å². The van der Waals surface area contributed by atoms with Crippen LogP contribution in [0.2, 0.25) is 0 Å². The lowest BCUT2D eigenvalue weighted by Gasteiger charge is -2.03. The molecule has 5 nitrogen and oxygen atoms in total. The van der Waals surface area contributed by atoms with Gasteiger partial charge in [-0.1, -0.05) is 6.07 Å². The fourth-order valence-corrected chi connectivity index (χ4v) is 1.45. The Balaban J connectivity index is 1.89. The molecule has 1 N–H and O–H groups in total. The molecule has 16 heavy (non-hydrogen) atoms. The van der Waals surface area contributed by atoms with E-state index in [-0.39, 0.29) is 0 Å². The SMILES string of the molecule is COCCONCc1cnn2ccccc12. The quantitative estimate of drug-likeness (QED) is 0.584. The van der Waals surface area contributed by atoms with Gasteiger partial charge < -0.3 is 4.74 Å². The number of pyridine rings is 1. The lowest BCUT2D eigenvalue weighted by Crippen LogP contribution is -2.16. The molecular weight excluding hydrogens is 206 g/mol. The first-order valence-electron chi connectivity index (χ1n) is 5.16. The largest absolute Gasteiger partial charge is 0.382 e. The number of rotatable bonds is 6. The number of hydrogen-bond donors (Lipinski definition) is 1. The highest BCUT2D eigenvalue weighted by Crippen LogP contribution is 2.08. The van der Waals surface area contributed by atoms with Crippen molar-refractivity contribution in [1.82, 2.24) is 15.1 Å². The van der Waals surface area contributed by atoms with Crippen molar-refractivity contribution < 1.29 is 9.57 Å². The van der Waals surface area contributed by atoms with E-state index in [2.05, 4.69) is 10.6 Å². The molecule has 0 atom stereocenters. The minimum Gasteiger partial charge on any atom is -0.382 e. The molecule has 2 heterocycles. The summed E-state index contributed by atoms with van der Waals surface area (Å²) < 4.78 is 6.71. The van der Waals surface area contributed by atoms with Crippen LogP contribution in [0.5, 0.6) is 0 Å². The van der Waals surface area contributed by atoms with Crippen molar-refractivity contribution in [2.75, 3.05) is 20.3 Å². The Morgan fingerprint density at radius 3 is 3.19 bits per heavy atom. The molecule has 0 aromatic carbocycles. The number of nitrogens with zero attached hydrogens (tertiary/aromatic N) is 2. The minimum atomic E-state index is 0.537. The maximum atomic E-state index is 5.18. The zero-order valence-corrected chi connectivity index (χ0v) is 9.22. The van der Waals surface area contributed by atoms with Gasteiger partial charge in [-0.05, 0) is 12.1 Å². The Kier molecular flexibility index (Phi) is 3.87. The molecule has 0 amide bonds. The summed E-state index contributed by atoms with van der Waals surface area (Å²) in [5.41, 5.74) is 5.08. The van der Waals surface area contributed by atoms with E-state index in [1.807, 2.05) is 35.1 Å². The normalized spacial score (nSPS) is 11.1. The number of hydroxylamine groups is 1. The molecule has 0 saturated carbocycles. The van der Waals surface area contributed by atoms with Crippen molar-refractivity contribution in [2.45, 2.75) is 6.54 Å². The second kappa shape index (κ2) is 5.60. The molecule has 0 aliphatic rings. The highest BCUT2D eigenvalue weighted by Gasteiger charge is 2.01. The summed E-state index contributed by atoms with van der Waals surface area (Å²) in [6.45, 7) is 1.76. The highest BCUT2D eigenvalue weighted by molar-refractivity contribution is 5.53. The van der Waals surface area contributed by atoms with Crippen LogP contribution in [-0.4, -0.2) is 29.9 Å². The Hall–Kier alpha value is -1.43. The second-order valence-corrected chi connectivity index (χ2v) is 3.36.